The topological polar surface area (TPSA) is 55.4 Å². The van der Waals surface area contributed by atoms with E-state index >= 15 is 0 Å². The van der Waals surface area contributed by atoms with Gasteiger partial charge < -0.3 is 10.1 Å². The lowest BCUT2D eigenvalue weighted by molar-refractivity contribution is 0.0729. The number of anilines is 1. The Hall–Kier alpha value is -3.06. The van der Waals surface area contributed by atoms with E-state index in [1.807, 2.05) is 0 Å². The Balaban J connectivity index is 1.67. The Labute approximate surface area is 145 Å². The number of carbonyl (C=O) groups is 2. The van der Waals surface area contributed by atoms with Crippen LogP contribution in [0.25, 0.3) is 0 Å². The van der Waals surface area contributed by atoms with Crippen molar-refractivity contribution in [3.8, 4) is 5.75 Å². The van der Waals surface area contributed by atoms with Crippen LogP contribution in [0.5, 0.6) is 5.75 Å². The number of benzene rings is 2. The third-order valence-corrected chi connectivity index (χ3v) is 4.08. The molecular formula is C18H11F2NO3S. The molecule has 3 rings (SSSR count). The SMILES string of the molecule is O=C(Nc1ccc(OC(=O)c2cc(F)ccc2F)cc1)c1cccs1. The minimum absolute atomic E-state index is 0.141. The van der Waals surface area contributed by atoms with Gasteiger partial charge in [-0.1, -0.05) is 6.07 Å². The van der Waals surface area contributed by atoms with Gasteiger partial charge in [0.2, 0.25) is 0 Å². The zero-order valence-corrected chi connectivity index (χ0v) is 13.5. The van der Waals surface area contributed by atoms with Gasteiger partial charge >= 0.3 is 5.97 Å². The fourth-order valence-corrected chi connectivity index (χ4v) is 2.64. The molecule has 1 amide bonds. The molecule has 0 radical (unpaired) electrons. The van der Waals surface area contributed by atoms with Crippen LogP contribution in [0.4, 0.5) is 14.5 Å². The number of esters is 1. The van der Waals surface area contributed by atoms with Crippen LogP contribution in [-0.4, -0.2) is 11.9 Å². The fraction of sp³-hybridized carbons (Fsp3) is 0. The van der Waals surface area contributed by atoms with Crippen LogP contribution in [0.2, 0.25) is 0 Å². The molecule has 0 aliphatic heterocycles. The van der Waals surface area contributed by atoms with Gasteiger partial charge in [0.15, 0.2) is 0 Å². The van der Waals surface area contributed by atoms with Crippen LogP contribution in [0.1, 0.15) is 20.0 Å². The largest absolute Gasteiger partial charge is 0.423 e. The first-order valence-corrected chi connectivity index (χ1v) is 8.03. The number of carbonyl (C=O) groups excluding carboxylic acids is 2. The molecule has 0 saturated heterocycles. The van der Waals surface area contributed by atoms with Crippen LogP contribution in [-0.2, 0) is 0 Å². The van der Waals surface area contributed by atoms with Crippen molar-refractivity contribution < 1.29 is 23.1 Å². The van der Waals surface area contributed by atoms with Crippen molar-refractivity contribution in [1.82, 2.24) is 0 Å². The van der Waals surface area contributed by atoms with E-state index in [2.05, 4.69) is 5.32 Å². The van der Waals surface area contributed by atoms with Gasteiger partial charge in [0.25, 0.3) is 5.91 Å². The second-order valence-corrected chi connectivity index (χ2v) is 5.92. The van der Waals surface area contributed by atoms with Crippen molar-refractivity contribution in [2.24, 2.45) is 0 Å². The number of thiophene rings is 1. The summed E-state index contributed by atoms with van der Waals surface area (Å²) in [6.07, 6.45) is 0. The Morgan fingerprint density at radius 1 is 1.00 bits per heavy atom. The van der Waals surface area contributed by atoms with Gasteiger partial charge in [0.05, 0.1) is 10.4 Å². The minimum atomic E-state index is -1.01. The van der Waals surface area contributed by atoms with E-state index in [4.69, 9.17) is 4.74 Å². The summed E-state index contributed by atoms with van der Waals surface area (Å²) in [5, 5.41) is 4.49. The van der Waals surface area contributed by atoms with Gasteiger partial charge in [-0.25, -0.2) is 13.6 Å². The molecule has 0 unspecified atom stereocenters. The summed E-state index contributed by atoms with van der Waals surface area (Å²) in [5.74, 6) is -2.72. The van der Waals surface area contributed by atoms with E-state index in [0.717, 1.165) is 18.2 Å². The maximum absolute atomic E-state index is 13.6. The Kier molecular flexibility index (Phi) is 4.85. The molecule has 126 valence electrons. The summed E-state index contributed by atoms with van der Waals surface area (Å²) in [6, 6.07) is 12.0. The maximum Gasteiger partial charge on any atom is 0.346 e. The predicted octanol–water partition coefficient (Wildman–Crippen LogP) is 4.50. The first-order chi connectivity index (χ1) is 12.0. The Morgan fingerprint density at radius 3 is 2.44 bits per heavy atom. The molecule has 3 aromatic rings. The number of hydrogen-bond acceptors (Lipinski definition) is 4. The summed E-state index contributed by atoms with van der Waals surface area (Å²) in [5.41, 5.74) is 0.0187. The third-order valence-electron chi connectivity index (χ3n) is 3.22. The van der Waals surface area contributed by atoms with Crippen molar-refractivity contribution in [3.05, 3.63) is 82.1 Å². The monoisotopic (exact) mass is 359 g/mol. The molecule has 1 aromatic heterocycles. The molecule has 25 heavy (non-hydrogen) atoms. The first kappa shape index (κ1) is 16.8. The van der Waals surface area contributed by atoms with Gasteiger partial charge in [-0.15, -0.1) is 11.3 Å². The number of nitrogens with one attached hydrogen (secondary N) is 1. The zero-order valence-electron chi connectivity index (χ0n) is 12.7. The molecule has 4 nitrogen and oxygen atoms in total. The van der Waals surface area contributed by atoms with Crippen LogP contribution in [0.3, 0.4) is 0 Å². The molecule has 0 aliphatic rings. The number of hydrogen-bond donors (Lipinski definition) is 1. The van der Waals surface area contributed by atoms with Crippen molar-refractivity contribution in [2.75, 3.05) is 5.32 Å². The molecule has 1 heterocycles. The van der Waals surface area contributed by atoms with Crippen molar-refractivity contribution in [1.29, 1.82) is 0 Å². The molecule has 0 aliphatic carbocycles. The highest BCUT2D eigenvalue weighted by Crippen LogP contribution is 2.20. The molecule has 0 bridgehead atoms. The van der Waals surface area contributed by atoms with E-state index in [9.17, 15) is 18.4 Å². The van der Waals surface area contributed by atoms with Crippen molar-refractivity contribution in [3.63, 3.8) is 0 Å². The lowest BCUT2D eigenvalue weighted by Crippen LogP contribution is -2.12. The molecule has 1 N–H and O–H groups in total. The van der Waals surface area contributed by atoms with Gasteiger partial charge in [0.1, 0.15) is 17.4 Å². The quantitative estimate of drug-likeness (QED) is 0.551. The highest BCUT2D eigenvalue weighted by Gasteiger charge is 2.15. The fourth-order valence-electron chi connectivity index (χ4n) is 2.02. The molecule has 0 atom stereocenters. The summed E-state index contributed by atoms with van der Waals surface area (Å²) >= 11 is 1.31. The van der Waals surface area contributed by atoms with Crippen molar-refractivity contribution >= 4 is 28.9 Å². The number of rotatable bonds is 4. The highest BCUT2D eigenvalue weighted by atomic mass is 32.1. The second-order valence-electron chi connectivity index (χ2n) is 4.97. The number of halogens is 2. The van der Waals surface area contributed by atoms with E-state index < -0.39 is 23.2 Å². The van der Waals surface area contributed by atoms with Crippen LogP contribution < -0.4 is 10.1 Å². The van der Waals surface area contributed by atoms with E-state index in [1.165, 1.54) is 35.6 Å². The summed E-state index contributed by atoms with van der Waals surface area (Å²) in [6.45, 7) is 0. The molecule has 0 spiro atoms. The number of ether oxygens (including phenoxy) is 1. The van der Waals surface area contributed by atoms with E-state index in [0.29, 0.717) is 10.6 Å². The smallest absolute Gasteiger partial charge is 0.346 e. The Bertz CT molecular complexity index is 909. The Morgan fingerprint density at radius 2 is 1.76 bits per heavy atom. The molecular weight excluding hydrogens is 348 g/mol. The van der Waals surface area contributed by atoms with Gasteiger partial charge in [0, 0.05) is 5.69 Å². The highest BCUT2D eigenvalue weighted by molar-refractivity contribution is 7.12. The van der Waals surface area contributed by atoms with Crippen LogP contribution in [0.15, 0.2) is 60.0 Å². The van der Waals surface area contributed by atoms with E-state index in [1.54, 1.807) is 17.5 Å². The molecule has 0 saturated carbocycles. The molecule has 0 fully saturated rings. The van der Waals surface area contributed by atoms with Crippen molar-refractivity contribution in [2.45, 2.75) is 0 Å². The standard InChI is InChI=1S/C18H11F2NO3S/c19-11-3-8-15(20)14(10-11)18(23)24-13-6-4-12(5-7-13)21-17(22)16-2-1-9-25-16/h1-10H,(H,21,22). The maximum atomic E-state index is 13.6. The molecule has 7 heteroatoms. The average molecular weight is 359 g/mol. The van der Waals surface area contributed by atoms with Gasteiger partial charge in [-0.05, 0) is 53.9 Å². The lowest BCUT2D eigenvalue weighted by Gasteiger charge is -2.07. The predicted molar refractivity (Wildman–Crippen MR) is 90.0 cm³/mol. The molecule has 2 aromatic carbocycles. The van der Waals surface area contributed by atoms with Gasteiger partial charge in [-0.2, -0.15) is 0 Å². The first-order valence-electron chi connectivity index (χ1n) is 7.15. The number of amides is 1. The summed E-state index contributed by atoms with van der Waals surface area (Å²) in [4.78, 5) is 24.4. The zero-order chi connectivity index (χ0) is 17.8. The van der Waals surface area contributed by atoms with Crippen LogP contribution in [0, 0.1) is 11.6 Å². The normalized spacial score (nSPS) is 10.3. The van der Waals surface area contributed by atoms with Crippen LogP contribution >= 0.6 is 11.3 Å². The summed E-state index contributed by atoms with van der Waals surface area (Å²) < 4.78 is 31.7. The second kappa shape index (κ2) is 7.23. The third kappa shape index (κ3) is 4.07. The lowest BCUT2D eigenvalue weighted by atomic mass is 10.2. The summed E-state index contributed by atoms with van der Waals surface area (Å²) in [7, 11) is 0. The minimum Gasteiger partial charge on any atom is -0.423 e. The van der Waals surface area contributed by atoms with Gasteiger partial charge in [-0.3, -0.25) is 4.79 Å². The van der Waals surface area contributed by atoms with E-state index in [-0.39, 0.29) is 11.7 Å². The average Bonchev–Trinajstić information content (AvgIpc) is 3.13.